The fraction of sp³-hybridized carbons (Fsp3) is 0.581. The molecule has 0 fully saturated rings. The summed E-state index contributed by atoms with van der Waals surface area (Å²) in [6.07, 6.45) is 17.0. The van der Waals surface area contributed by atoms with E-state index in [1.54, 1.807) is 31.2 Å². The molecule has 0 aliphatic carbocycles. The van der Waals surface area contributed by atoms with Crippen LogP contribution >= 0.6 is 0 Å². The zero-order valence-electron chi connectivity index (χ0n) is 31.4. The number of hydrogen-bond donors (Lipinski definition) is 4. The molecule has 0 spiro atoms. The lowest BCUT2D eigenvalue weighted by Gasteiger charge is -2.16. The molecule has 0 bridgehead atoms. The van der Waals surface area contributed by atoms with E-state index in [1.165, 1.54) is 12.8 Å². The topological polar surface area (TPSA) is 151 Å². The van der Waals surface area contributed by atoms with Crippen molar-refractivity contribution in [1.82, 2.24) is 0 Å². The summed E-state index contributed by atoms with van der Waals surface area (Å²) in [6, 6.07) is 6.91. The molecule has 9 heteroatoms. The second-order valence-corrected chi connectivity index (χ2v) is 13.4. The predicted molar refractivity (Wildman–Crippen MR) is 202 cm³/mol. The van der Waals surface area contributed by atoms with E-state index in [0.717, 1.165) is 38.5 Å². The van der Waals surface area contributed by atoms with Gasteiger partial charge in [0.05, 0.1) is 18.1 Å². The first-order chi connectivity index (χ1) is 25.1. The summed E-state index contributed by atoms with van der Waals surface area (Å²) < 4.78 is 17.3. The van der Waals surface area contributed by atoms with Gasteiger partial charge in [-0.05, 0) is 93.4 Å². The van der Waals surface area contributed by atoms with E-state index in [9.17, 15) is 24.9 Å². The highest BCUT2D eigenvalue weighted by Crippen LogP contribution is 2.18. The van der Waals surface area contributed by atoms with E-state index < -0.39 is 42.3 Å². The molecule has 0 saturated heterocycles. The second kappa shape index (κ2) is 26.7. The van der Waals surface area contributed by atoms with Gasteiger partial charge in [-0.2, -0.15) is 0 Å². The highest BCUT2D eigenvalue weighted by molar-refractivity contribution is 5.72. The van der Waals surface area contributed by atoms with Crippen molar-refractivity contribution in [3.05, 3.63) is 71.6 Å². The van der Waals surface area contributed by atoms with Gasteiger partial charge in [-0.1, -0.05) is 76.7 Å². The Hall–Kier alpha value is -4.02. The lowest BCUT2D eigenvalue weighted by molar-refractivity contribution is -0.151. The number of carbonyl (C=O) groups is 2. The standard InChI is InChI=1S/C43H60O9/c1-4-6-8-10-12-14-17-34(44)23-24-38-27-29-41(50-38)32-36(46)22-21-33(3)43(49)52-37(19-15-13-11-9-7-5-2)25-26-39-28-30-40(51-39)31-35(45)18-16-20-42(47)48/h12-15,27-30,33-37,44-46H,4-11,16-22,31-32H2,1-3H3,(H,47,48)/b14-12-,15-13-. The van der Waals surface area contributed by atoms with E-state index in [-0.39, 0.29) is 19.3 Å². The Labute approximate surface area is 310 Å². The van der Waals surface area contributed by atoms with Gasteiger partial charge in [-0.15, -0.1) is 0 Å². The number of furan rings is 2. The third kappa shape index (κ3) is 20.7. The molecule has 4 N–H and O–H groups in total. The summed E-state index contributed by atoms with van der Waals surface area (Å²) in [7, 11) is 0. The molecule has 9 nitrogen and oxygen atoms in total. The molecular weight excluding hydrogens is 660 g/mol. The number of carboxylic acids is 1. The van der Waals surface area contributed by atoms with Crippen molar-refractivity contribution in [3.8, 4) is 23.7 Å². The molecular formula is C43H60O9. The number of ether oxygens (including phenoxy) is 1. The average Bonchev–Trinajstić information content (AvgIpc) is 3.76. The Morgan fingerprint density at radius 2 is 1.29 bits per heavy atom. The van der Waals surface area contributed by atoms with Crippen LogP contribution in [0.25, 0.3) is 0 Å². The highest BCUT2D eigenvalue weighted by atomic mass is 16.5. The lowest BCUT2D eigenvalue weighted by atomic mass is 10.0. The molecule has 286 valence electrons. The highest BCUT2D eigenvalue weighted by Gasteiger charge is 2.20. The van der Waals surface area contributed by atoms with Gasteiger partial charge in [-0.3, -0.25) is 9.59 Å². The Kier molecular flexibility index (Phi) is 22.7. The van der Waals surface area contributed by atoms with Gasteiger partial charge in [-0.25, -0.2) is 0 Å². The first kappa shape index (κ1) is 44.1. The van der Waals surface area contributed by atoms with E-state index in [0.29, 0.717) is 61.6 Å². The van der Waals surface area contributed by atoms with Crippen LogP contribution in [-0.4, -0.2) is 56.8 Å². The lowest BCUT2D eigenvalue weighted by Crippen LogP contribution is -2.23. The molecule has 2 rings (SSSR count). The maximum absolute atomic E-state index is 13.1. The SMILES string of the molecule is CCCCC/C=C\CC(O)C#Cc1ccc(CC(O)CCC(C)C(=O)OC(C#Cc2ccc(CC(O)CCCC(=O)O)o2)C/C=C\CCCCC)o1. The third-order valence-corrected chi connectivity index (χ3v) is 8.43. The zero-order valence-corrected chi connectivity index (χ0v) is 31.4. The largest absolute Gasteiger partial charge is 0.481 e. The molecule has 0 aromatic carbocycles. The fourth-order valence-electron chi connectivity index (χ4n) is 5.29. The second-order valence-electron chi connectivity index (χ2n) is 13.4. The molecule has 52 heavy (non-hydrogen) atoms. The Morgan fingerprint density at radius 1 is 0.731 bits per heavy atom. The van der Waals surface area contributed by atoms with Crippen molar-refractivity contribution < 1.29 is 43.6 Å². The van der Waals surface area contributed by atoms with E-state index in [1.807, 2.05) is 12.2 Å². The maximum Gasteiger partial charge on any atom is 0.309 e. The number of allylic oxidation sites excluding steroid dienone is 2. The summed E-state index contributed by atoms with van der Waals surface area (Å²) >= 11 is 0. The van der Waals surface area contributed by atoms with E-state index in [2.05, 4.69) is 49.7 Å². The van der Waals surface area contributed by atoms with Crippen molar-refractivity contribution in [2.75, 3.05) is 0 Å². The normalized spacial score (nSPS) is 14.3. The quantitative estimate of drug-likeness (QED) is 0.0346. The van der Waals surface area contributed by atoms with Crippen molar-refractivity contribution in [2.24, 2.45) is 5.92 Å². The van der Waals surface area contributed by atoms with Crippen LogP contribution in [0, 0.1) is 29.6 Å². The van der Waals surface area contributed by atoms with Crippen LogP contribution in [0.2, 0.25) is 0 Å². The van der Waals surface area contributed by atoms with Gasteiger partial charge < -0.3 is 34.0 Å². The van der Waals surface area contributed by atoms with E-state index >= 15 is 0 Å². The van der Waals surface area contributed by atoms with Crippen molar-refractivity contribution in [2.45, 2.75) is 154 Å². The third-order valence-electron chi connectivity index (χ3n) is 8.43. The fourth-order valence-corrected chi connectivity index (χ4v) is 5.29. The van der Waals surface area contributed by atoms with Crippen molar-refractivity contribution in [3.63, 3.8) is 0 Å². The van der Waals surface area contributed by atoms with Gasteiger partial charge in [0.15, 0.2) is 17.6 Å². The number of rotatable bonds is 25. The smallest absolute Gasteiger partial charge is 0.309 e. The van der Waals surface area contributed by atoms with Gasteiger partial charge >= 0.3 is 11.9 Å². The summed E-state index contributed by atoms with van der Waals surface area (Å²) in [6.45, 7) is 6.09. The summed E-state index contributed by atoms with van der Waals surface area (Å²) in [5.74, 6) is 11.8. The van der Waals surface area contributed by atoms with Gasteiger partial charge in [0.25, 0.3) is 0 Å². The van der Waals surface area contributed by atoms with Crippen LogP contribution < -0.4 is 0 Å². The van der Waals surface area contributed by atoms with Crippen LogP contribution in [-0.2, 0) is 27.2 Å². The van der Waals surface area contributed by atoms with Crippen LogP contribution in [0.15, 0.2) is 57.4 Å². The summed E-state index contributed by atoms with van der Waals surface area (Å²) in [5.41, 5.74) is 0. The molecule has 0 saturated carbocycles. The summed E-state index contributed by atoms with van der Waals surface area (Å²) in [4.78, 5) is 23.8. The predicted octanol–water partition coefficient (Wildman–Crippen LogP) is 8.08. The zero-order chi connectivity index (χ0) is 38.0. The van der Waals surface area contributed by atoms with Gasteiger partial charge in [0.2, 0.25) is 0 Å². The number of carboxylic acid groups (broad SMARTS) is 1. The maximum atomic E-state index is 13.1. The minimum atomic E-state index is -0.892. The molecule has 0 amide bonds. The molecule has 0 aliphatic heterocycles. The molecule has 0 radical (unpaired) electrons. The number of aliphatic hydroxyl groups excluding tert-OH is 3. The molecule has 5 unspecified atom stereocenters. The van der Waals surface area contributed by atoms with Gasteiger partial charge in [0.1, 0.15) is 17.6 Å². The number of carbonyl (C=O) groups excluding carboxylic acids is 1. The number of aliphatic hydroxyl groups is 3. The number of esters is 1. The minimum absolute atomic E-state index is 0.00508. The van der Waals surface area contributed by atoms with Crippen LogP contribution in [0.5, 0.6) is 0 Å². The number of aliphatic carboxylic acids is 1. The summed E-state index contributed by atoms with van der Waals surface area (Å²) in [5, 5.41) is 39.8. The molecule has 0 aliphatic rings. The van der Waals surface area contributed by atoms with Crippen molar-refractivity contribution >= 4 is 11.9 Å². The van der Waals surface area contributed by atoms with Crippen LogP contribution in [0.4, 0.5) is 0 Å². The number of hydrogen-bond acceptors (Lipinski definition) is 8. The van der Waals surface area contributed by atoms with Gasteiger partial charge in [0, 0.05) is 32.1 Å². The van der Waals surface area contributed by atoms with Crippen LogP contribution in [0.3, 0.4) is 0 Å². The first-order valence-electron chi connectivity index (χ1n) is 19.1. The number of unbranched alkanes of at least 4 members (excludes halogenated alkanes) is 6. The average molecular weight is 721 g/mol. The molecule has 5 atom stereocenters. The minimum Gasteiger partial charge on any atom is -0.481 e. The monoisotopic (exact) mass is 720 g/mol. The molecule has 2 heterocycles. The molecule has 2 aromatic heterocycles. The van der Waals surface area contributed by atoms with E-state index in [4.69, 9.17) is 18.7 Å². The van der Waals surface area contributed by atoms with Crippen molar-refractivity contribution in [1.29, 1.82) is 0 Å². The Bertz CT molecular complexity index is 1470. The Morgan fingerprint density at radius 3 is 1.87 bits per heavy atom. The molecule has 2 aromatic rings. The first-order valence-corrected chi connectivity index (χ1v) is 19.1. The van der Waals surface area contributed by atoms with Crippen LogP contribution in [0.1, 0.15) is 140 Å². The Balaban J connectivity index is 1.89.